The van der Waals surface area contributed by atoms with Crippen LogP contribution >= 0.6 is 15.9 Å². The Balaban J connectivity index is 2.68. The average Bonchev–Trinajstić information content (AvgIpc) is 2.18. The molecule has 2 unspecified atom stereocenters. The first-order chi connectivity index (χ1) is 6.65. The summed E-state index contributed by atoms with van der Waals surface area (Å²) in [4.78, 5) is 7.84. The van der Waals surface area contributed by atoms with Crippen LogP contribution in [-0.4, -0.2) is 39.9 Å². The molecule has 5 nitrogen and oxygen atoms in total. The van der Waals surface area contributed by atoms with E-state index in [-0.39, 0.29) is 0 Å². The molecule has 0 amide bonds. The lowest BCUT2D eigenvalue weighted by molar-refractivity contribution is 0.0174. The minimum atomic E-state index is -1.01. The normalized spacial score (nSPS) is 15.1. The van der Waals surface area contributed by atoms with Gasteiger partial charge < -0.3 is 15.5 Å². The van der Waals surface area contributed by atoms with E-state index in [1.165, 1.54) is 12.4 Å². The summed E-state index contributed by atoms with van der Waals surface area (Å²) in [5.41, 5.74) is 0.357. The third-order valence-corrected chi connectivity index (χ3v) is 2.13. The van der Waals surface area contributed by atoms with Gasteiger partial charge in [0, 0.05) is 6.54 Å². The second kappa shape index (κ2) is 5.35. The van der Waals surface area contributed by atoms with E-state index in [9.17, 15) is 10.2 Å². The summed E-state index contributed by atoms with van der Waals surface area (Å²) >= 11 is 3.13. The van der Waals surface area contributed by atoms with E-state index in [1.807, 2.05) is 0 Å². The van der Waals surface area contributed by atoms with Gasteiger partial charge in [0.25, 0.3) is 0 Å². The highest BCUT2D eigenvalue weighted by Gasteiger charge is 2.18. The fourth-order valence-electron chi connectivity index (χ4n) is 0.993. The molecule has 0 radical (unpaired) electrons. The molecule has 78 valence electrons. The van der Waals surface area contributed by atoms with E-state index < -0.39 is 12.2 Å². The van der Waals surface area contributed by atoms with Crippen molar-refractivity contribution in [3.05, 3.63) is 22.7 Å². The number of hydrogen-bond acceptors (Lipinski definition) is 5. The van der Waals surface area contributed by atoms with Crippen LogP contribution in [0.1, 0.15) is 11.8 Å². The summed E-state index contributed by atoms with van der Waals surface area (Å²) in [6.07, 6.45) is 1.01. The monoisotopic (exact) mass is 261 g/mol. The molecule has 0 bridgehead atoms. The van der Waals surface area contributed by atoms with Crippen LogP contribution in [0.4, 0.5) is 0 Å². The summed E-state index contributed by atoms with van der Waals surface area (Å²) in [6, 6.07) is 0. The van der Waals surface area contributed by atoms with Gasteiger partial charge in [0.05, 0.1) is 24.2 Å². The summed E-state index contributed by atoms with van der Waals surface area (Å²) in [5.74, 6) is 0. The lowest BCUT2D eigenvalue weighted by atomic mass is 10.1. The molecule has 1 rings (SSSR count). The first-order valence-electron chi connectivity index (χ1n) is 4.13. The van der Waals surface area contributed by atoms with Crippen molar-refractivity contribution in [1.29, 1.82) is 0 Å². The molecular weight excluding hydrogens is 250 g/mol. The molecule has 1 heterocycles. The van der Waals surface area contributed by atoms with Crippen LogP contribution in [0.3, 0.4) is 0 Å². The van der Waals surface area contributed by atoms with E-state index in [0.717, 1.165) is 0 Å². The zero-order chi connectivity index (χ0) is 10.6. The maximum atomic E-state index is 9.60. The molecule has 0 aromatic carbocycles. The molecule has 2 atom stereocenters. The number of halogens is 1. The number of nitrogens with one attached hydrogen (secondary N) is 1. The molecule has 0 saturated carbocycles. The van der Waals surface area contributed by atoms with Gasteiger partial charge >= 0.3 is 0 Å². The Labute approximate surface area is 90.3 Å². The minimum Gasteiger partial charge on any atom is -0.389 e. The zero-order valence-corrected chi connectivity index (χ0v) is 9.27. The van der Waals surface area contributed by atoms with Crippen molar-refractivity contribution >= 4 is 15.9 Å². The number of aromatic nitrogens is 2. The second-order valence-corrected chi connectivity index (χ2v) is 3.65. The fraction of sp³-hybridized carbons (Fsp3) is 0.500. The Morgan fingerprint density at radius 1 is 1.43 bits per heavy atom. The number of rotatable bonds is 4. The van der Waals surface area contributed by atoms with Crippen molar-refractivity contribution in [2.24, 2.45) is 0 Å². The first-order valence-corrected chi connectivity index (χ1v) is 4.92. The fourth-order valence-corrected chi connectivity index (χ4v) is 1.20. The first kappa shape index (κ1) is 11.5. The molecule has 14 heavy (non-hydrogen) atoms. The quantitative estimate of drug-likeness (QED) is 0.703. The van der Waals surface area contributed by atoms with E-state index in [0.29, 0.717) is 16.8 Å². The Morgan fingerprint density at radius 2 is 2.14 bits per heavy atom. The highest BCUT2D eigenvalue weighted by molar-refractivity contribution is 9.10. The number of likely N-dealkylation sites (N-methyl/N-ethyl adjacent to an activating group) is 1. The lowest BCUT2D eigenvalue weighted by Gasteiger charge is -2.16. The highest BCUT2D eigenvalue weighted by atomic mass is 79.9. The molecule has 1 aromatic heterocycles. The largest absolute Gasteiger partial charge is 0.389 e. The number of hydrogen-bond donors (Lipinski definition) is 3. The van der Waals surface area contributed by atoms with Gasteiger partial charge in [0.2, 0.25) is 0 Å². The van der Waals surface area contributed by atoms with Gasteiger partial charge in [-0.25, -0.2) is 4.98 Å². The highest BCUT2D eigenvalue weighted by Crippen LogP contribution is 2.14. The maximum absolute atomic E-state index is 9.60. The van der Waals surface area contributed by atoms with Crippen molar-refractivity contribution < 1.29 is 10.2 Å². The molecule has 0 aliphatic rings. The van der Waals surface area contributed by atoms with Crippen LogP contribution < -0.4 is 5.32 Å². The van der Waals surface area contributed by atoms with Gasteiger partial charge in [-0.1, -0.05) is 0 Å². The van der Waals surface area contributed by atoms with E-state index >= 15 is 0 Å². The van der Waals surface area contributed by atoms with Crippen LogP contribution in [0.25, 0.3) is 0 Å². The maximum Gasteiger partial charge on any atom is 0.125 e. The number of aliphatic hydroxyl groups excluding tert-OH is 2. The zero-order valence-electron chi connectivity index (χ0n) is 7.68. The van der Waals surface area contributed by atoms with Gasteiger partial charge in [0.15, 0.2) is 0 Å². The molecule has 6 heteroatoms. The molecule has 3 N–H and O–H groups in total. The standard InChI is InChI=1S/C8H12BrN3O2/c1-10-3-6(13)8(14)5-2-12-7(9)4-11-5/h2,4,6,8,10,13-14H,3H2,1H3. The Hall–Kier alpha value is -0.560. The van der Waals surface area contributed by atoms with E-state index in [2.05, 4.69) is 31.2 Å². The SMILES string of the molecule is CNCC(O)C(O)c1cnc(Br)cn1. The van der Waals surface area contributed by atoms with Crippen molar-refractivity contribution in [2.45, 2.75) is 12.2 Å². The predicted molar refractivity (Wildman–Crippen MR) is 54.6 cm³/mol. The third kappa shape index (κ3) is 2.98. The Kier molecular flexibility index (Phi) is 4.40. The molecule has 0 aliphatic heterocycles. The summed E-state index contributed by atoms with van der Waals surface area (Å²) < 4.78 is 0.594. The van der Waals surface area contributed by atoms with Gasteiger partial charge in [-0.2, -0.15) is 0 Å². The van der Waals surface area contributed by atoms with Crippen LogP contribution in [0, 0.1) is 0 Å². The molecule has 1 aromatic rings. The van der Waals surface area contributed by atoms with Crippen LogP contribution in [0.15, 0.2) is 17.0 Å². The summed E-state index contributed by atoms with van der Waals surface area (Å²) in [7, 11) is 1.70. The number of nitrogens with zero attached hydrogens (tertiary/aromatic N) is 2. The number of aliphatic hydroxyl groups is 2. The predicted octanol–water partition coefficient (Wildman–Crippen LogP) is -0.147. The molecular formula is C8H12BrN3O2. The van der Waals surface area contributed by atoms with E-state index in [1.54, 1.807) is 7.05 Å². The van der Waals surface area contributed by atoms with Crippen molar-refractivity contribution in [3.63, 3.8) is 0 Å². The Bertz CT molecular complexity index is 280. The van der Waals surface area contributed by atoms with Crippen LogP contribution in [0.5, 0.6) is 0 Å². The summed E-state index contributed by atoms with van der Waals surface area (Å²) in [6.45, 7) is 0.304. The molecule has 0 saturated heterocycles. The van der Waals surface area contributed by atoms with Gasteiger partial charge in [0.1, 0.15) is 10.7 Å². The average molecular weight is 262 g/mol. The van der Waals surface area contributed by atoms with Gasteiger partial charge in [-0.05, 0) is 23.0 Å². The van der Waals surface area contributed by atoms with E-state index in [4.69, 9.17) is 0 Å². The molecule has 0 spiro atoms. The van der Waals surface area contributed by atoms with Crippen LogP contribution in [0.2, 0.25) is 0 Å². The Morgan fingerprint density at radius 3 is 2.64 bits per heavy atom. The van der Waals surface area contributed by atoms with Gasteiger partial charge in [-0.3, -0.25) is 4.98 Å². The van der Waals surface area contributed by atoms with Gasteiger partial charge in [-0.15, -0.1) is 0 Å². The van der Waals surface area contributed by atoms with Crippen molar-refractivity contribution in [3.8, 4) is 0 Å². The van der Waals surface area contributed by atoms with Crippen LogP contribution in [-0.2, 0) is 0 Å². The van der Waals surface area contributed by atoms with Crippen molar-refractivity contribution in [2.75, 3.05) is 13.6 Å². The molecule has 0 aliphatic carbocycles. The lowest BCUT2D eigenvalue weighted by Crippen LogP contribution is -2.30. The molecule has 0 fully saturated rings. The minimum absolute atomic E-state index is 0.304. The smallest absolute Gasteiger partial charge is 0.125 e. The third-order valence-electron chi connectivity index (χ3n) is 1.72. The second-order valence-electron chi connectivity index (χ2n) is 2.83. The topological polar surface area (TPSA) is 78.3 Å². The summed E-state index contributed by atoms with van der Waals surface area (Å²) in [5, 5.41) is 21.8. The van der Waals surface area contributed by atoms with Crippen molar-refractivity contribution in [1.82, 2.24) is 15.3 Å².